The number of cyclic esters (lactones) is 1. The molecule has 69 heavy (non-hydrogen) atoms. The number of aryl methyl sites for hydroxylation is 1. The van der Waals surface area contributed by atoms with E-state index in [1.807, 2.05) is 0 Å². The van der Waals surface area contributed by atoms with Crippen LogP contribution in [0.2, 0.25) is 0 Å². The number of rotatable bonds is 17. The molecule has 2 aromatic heterocycles. The zero-order chi connectivity index (χ0) is 49.8. The first-order chi connectivity index (χ1) is 32.8. The third kappa shape index (κ3) is 11.0. The molecule has 7 rings (SSSR count). The smallest absolute Gasteiger partial charge is 0.408 e. The molecule has 3 aliphatic rings. The van der Waals surface area contributed by atoms with Gasteiger partial charge in [0.15, 0.2) is 5.60 Å². The van der Waals surface area contributed by atoms with Crippen LogP contribution in [0.3, 0.4) is 0 Å². The Bertz CT molecular complexity index is 2790. The van der Waals surface area contributed by atoms with Crippen LogP contribution in [0.25, 0.3) is 22.3 Å². The average Bonchev–Trinajstić information content (AvgIpc) is 3.68. The van der Waals surface area contributed by atoms with E-state index in [0.717, 1.165) is 5.56 Å². The zero-order valence-electron chi connectivity index (χ0n) is 38.9. The lowest BCUT2D eigenvalue weighted by Gasteiger charge is -2.31. The highest BCUT2D eigenvalue weighted by Gasteiger charge is 2.46. The summed E-state index contributed by atoms with van der Waals surface area (Å²) in [6, 6.07) is 10.0. The van der Waals surface area contributed by atoms with E-state index < -0.39 is 95.9 Å². The van der Waals surface area contributed by atoms with Crippen LogP contribution < -0.4 is 37.5 Å². The number of amides is 6. The molecule has 0 bridgehead atoms. The molecule has 20 nitrogen and oxygen atoms in total. The molecule has 4 aromatic rings. The van der Waals surface area contributed by atoms with Gasteiger partial charge in [-0.15, -0.1) is 0 Å². The number of halogens is 1. The van der Waals surface area contributed by atoms with Crippen LogP contribution in [-0.4, -0.2) is 107 Å². The predicted octanol–water partition coefficient (Wildman–Crippen LogP) is 1.25. The van der Waals surface area contributed by atoms with Crippen molar-refractivity contribution in [2.45, 2.75) is 96.7 Å². The molecule has 0 radical (unpaired) electrons. The third-order valence-corrected chi connectivity index (χ3v) is 12.1. The number of nitrogens with zero attached hydrogens (tertiary/aromatic N) is 2. The zero-order valence-corrected chi connectivity index (χ0v) is 38.9. The van der Waals surface area contributed by atoms with Crippen molar-refractivity contribution in [1.82, 2.24) is 41.5 Å². The van der Waals surface area contributed by atoms with Crippen molar-refractivity contribution in [2.75, 3.05) is 39.4 Å². The van der Waals surface area contributed by atoms with Gasteiger partial charge in [-0.1, -0.05) is 37.3 Å². The molecule has 0 saturated heterocycles. The average molecular weight is 955 g/mol. The number of ether oxygens (including phenoxy) is 3. The minimum atomic E-state index is -2.04. The highest BCUT2D eigenvalue weighted by molar-refractivity contribution is 5.95. The van der Waals surface area contributed by atoms with Crippen molar-refractivity contribution in [3.05, 3.63) is 97.6 Å². The number of esters is 1. The summed E-state index contributed by atoms with van der Waals surface area (Å²) >= 11 is 0. The van der Waals surface area contributed by atoms with Gasteiger partial charge >= 0.3 is 12.1 Å². The van der Waals surface area contributed by atoms with Crippen molar-refractivity contribution in [1.29, 1.82) is 0 Å². The van der Waals surface area contributed by atoms with E-state index in [2.05, 4.69) is 31.9 Å². The topological polar surface area (TPSA) is 274 Å². The lowest BCUT2D eigenvalue weighted by Crippen LogP contribution is -2.52. The molecule has 7 N–H and O–H groups in total. The maximum atomic E-state index is 15.3. The Hall–Kier alpha value is -7.26. The van der Waals surface area contributed by atoms with E-state index in [1.54, 1.807) is 71.0 Å². The fourth-order valence-electron chi connectivity index (χ4n) is 8.73. The summed E-state index contributed by atoms with van der Waals surface area (Å²) in [6.45, 7) is 6.20. The van der Waals surface area contributed by atoms with Crippen LogP contribution in [0.15, 0.2) is 47.3 Å². The van der Waals surface area contributed by atoms with Gasteiger partial charge in [0.05, 0.1) is 54.8 Å². The summed E-state index contributed by atoms with van der Waals surface area (Å²) in [7, 11) is 0. The first kappa shape index (κ1) is 49.6. The van der Waals surface area contributed by atoms with Crippen LogP contribution in [0, 0.1) is 12.7 Å². The van der Waals surface area contributed by atoms with Crippen LogP contribution in [-0.2, 0) is 74.6 Å². The molecule has 1 unspecified atom stereocenters. The summed E-state index contributed by atoms with van der Waals surface area (Å²) in [5.41, 5.74) is 1.33. The summed E-state index contributed by atoms with van der Waals surface area (Å²) in [6.07, 6.45) is 0.0605. The Kier molecular flexibility index (Phi) is 14.8. The van der Waals surface area contributed by atoms with Gasteiger partial charge in [-0.05, 0) is 75.3 Å². The van der Waals surface area contributed by atoms with Gasteiger partial charge in [-0.3, -0.25) is 28.8 Å². The second-order valence-electron chi connectivity index (χ2n) is 18.0. The molecule has 3 atom stereocenters. The Labute approximate surface area is 395 Å². The number of carbonyl (C=O) groups is 7. The Morgan fingerprint density at radius 1 is 0.942 bits per heavy atom. The van der Waals surface area contributed by atoms with Crippen molar-refractivity contribution in [2.24, 2.45) is 0 Å². The molecular formula is C48H55FN8O12. The van der Waals surface area contributed by atoms with Crippen LogP contribution in [0.4, 0.5) is 9.18 Å². The predicted molar refractivity (Wildman–Crippen MR) is 245 cm³/mol. The van der Waals surface area contributed by atoms with Gasteiger partial charge in [0.2, 0.25) is 29.5 Å². The van der Waals surface area contributed by atoms with Crippen molar-refractivity contribution in [3.8, 4) is 11.4 Å². The molecule has 0 saturated carbocycles. The largest absolute Gasteiger partial charge is 0.458 e. The Morgan fingerprint density at radius 3 is 2.38 bits per heavy atom. The normalized spacial score (nSPS) is 17.0. The van der Waals surface area contributed by atoms with Crippen LogP contribution >= 0.6 is 0 Å². The maximum absolute atomic E-state index is 15.3. The molecule has 2 aliphatic heterocycles. The first-order valence-electron chi connectivity index (χ1n) is 22.6. The molecule has 0 spiro atoms. The summed E-state index contributed by atoms with van der Waals surface area (Å²) in [4.78, 5) is 108. The molecule has 21 heteroatoms. The van der Waals surface area contributed by atoms with Crippen molar-refractivity contribution in [3.63, 3.8) is 0 Å². The number of alkyl carbamates (subject to hydrolysis) is 1. The fourth-order valence-corrected chi connectivity index (χ4v) is 8.73. The number of hydrogen-bond donors (Lipinski definition) is 7. The Morgan fingerprint density at radius 2 is 1.65 bits per heavy atom. The number of carbonyl (C=O) groups excluding carboxylic acids is 7. The van der Waals surface area contributed by atoms with E-state index >= 15 is 4.39 Å². The number of aromatic nitrogens is 2. The summed E-state index contributed by atoms with van der Waals surface area (Å²) < 4.78 is 32.7. The standard InChI is InChI=1S/C48H55FN8O12/c1-6-48(66)30-17-35-42-28(22-57(35)44(63)29(30)23-68-45(48)64)41-32(13-12-27-25(2)31(49)18-33(56-42)40(27)41)54-39(61)24-67-15-14-50-36(58)19-52-43(62)34(16-26-10-8-7-9-11-26)55-38(60)21-51-37(59)20-53-46(65)69-47(3,4)5/h7-11,17-18,32,34,66H,6,12-16,19-24H2,1-5H3,(H,50,58)(H,51,59)(H,52,62)(H,53,65)(H,54,61)(H,55,60)/t32-,34?,48-/m0/s1. The summed E-state index contributed by atoms with van der Waals surface area (Å²) in [5, 5.41) is 27.4. The lowest BCUT2D eigenvalue weighted by atomic mass is 9.81. The van der Waals surface area contributed by atoms with Gasteiger partial charge in [-0.2, -0.15) is 0 Å². The van der Waals surface area contributed by atoms with E-state index in [1.165, 1.54) is 10.6 Å². The van der Waals surface area contributed by atoms with Crippen LogP contribution in [0.5, 0.6) is 0 Å². The molecule has 6 amide bonds. The van der Waals surface area contributed by atoms with Gasteiger partial charge < -0.3 is 55.8 Å². The number of nitrogens with one attached hydrogen (secondary N) is 6. The quantitative estimate of drug-likeness (QED) is 0.0512. The van der Waals surface area contributed by atoms with Crippen LogP contribution in [0.1, 0.15) is 85.5 Å². The highest BCUT2D eigenvalue weighted by Crippen LogP contribution is 2.46. The molecular weight excluding hydrogens is 900 g/mol. The SMILES string of the molecule is CC[C@@]1(O)C(=O)OCc2c1cc1n(c2=O)Cc2c-1nc1cc(F)c(C)c3c1c2[C@@H](NC(=O)COCCNC(=O)CNC(=O)C(Cc1ccccc1)NC(=O)CNC(=O)CNC(=O)OC(C)(C)C)CC3. The molecule has 1 aliphatic carbocycles. The monoisotopic (exact) mass is 954 g/mol. The minimum absolute atomic E-state index is 0.0183. The van der Waals surface area contributed by atoms with Gasteiger partial charge in [0.25, 0.3) is 5.56 Å². The second-order valence-corrected chi connectivity index (χ2v) is 18.0. The number of fused-ring (bicyclic) bond motifs is 5. The van der Waals surface area contributed by atoms with Crippen molar-refractivity contribution >= 4 is 52.5 Å². The minimum Gasteiger partial charge on any atom is -0.458 e. The van der Waals surface area contributed by atoms with E-state index in [-0.39, 0.29) is 56.9 Å². The lowest BCUT2D eigenvalue weighted by molar-refractivity contribution is -0.172. The molecule has 0 fully saturated rings. The number of hydrogen-bond acceptors (Lipinski definition) is 13. The first-order valence-corrected chi connectivity index (χ1v) is 22.6. The van der Waals surface area contributed by atoms with E-state index in [9.17, 15) is 43.5 Å². The third-order valence-electron chi connectivity index (χ3n) is 12.1. The maximum Gasteiger partial charge on any atom is 0.408 e. The molecule has 366 valence electrons. The molecule has 2 aromatic carbocycles. The van der Waals surface area contributed by atoms with Crippen molar-refractivity contribution < 1.29 is 57.3 Å². The van der Waals surface area contributed by atoms with E-state index in [4.69, 9.17) is 19.2 Å². The highest BCUT2D eigenvalue weighted by atomic mass is 19.1. The number of aliphatic hydroxyl groups is 1. The Balaban J connectivity index is 0.921. The fraction of sp³-hybridized carbons (Fsp3) is 0.438. The number of pyridine rings is 2. The van der Waals surface area contributed by atoms with Gasteiger partial charge in [-0.25, -0.2) is 19.0 Å². The number of benzene rings is 2. The second kappa shape index (κ2) is 20.5. The summed E-state index contributed by atoms with van der Waals surface area (Å²) in [5.74, 6) is -4.38. The molecule has 4 heterocycles. The van der Waals surface area contributed by atoms with Gasteiger partial charge in [0, 0.05) is 35.5 Å². The van der Waals surface area contributed by atoms with E-state index in [0.29, 0.717) is 57.4 Å². The van der Waals surface area contributed by atoms with Gasteiger partial charge in [0.1, 0.15) is 37.2 Å².